The van der Waals surface area contributed by atoms with E-state index in [4.69, 9.17) is 0 Å². The van der Waals surface area contributed by atoms with Crippen LogP contribution in [0.3, 0.4) is 0 Å². The van der Waals surface area contributed by atoms with Gasteiger partial charge in [0.1, 0.15) is 0 Å². The Bertz CT molecular complexity index is 6.00. The molecule has 4 heteroatoms. The first-order valence-electron chi connectivity index (χ1n) is 0.200. The second-order valence-corrected chi connectivity index (χ2v) is 0. The molecule has 0 saturated carbocycles. The summed E-state index contributed by atoms with van der Waals surface area (Å²) >= 11 is 6.44. The predicted octanol–water partition coefficient (Wildman–Crippen LogP) is 0.756. The van der Waals surface area contributed by atoms with Gasteiger partial charge >= 0.3 is 0 Å². The minimum atomic E-state index is 0. The van der Waals surface area contributed by atoms with Crippen molar-refractivity contribution < 1.29 is 33.3 Å². The summed E-state index contributed by atoms with van der Waals surface area (Å²) in [6.45, 7) is 0. The molecule has 0 N–H and O–H groups in total. The molecule has 0 amide bonds. The van der Waals surface area contributed by atoms with E-state index in [1.165, 1.54) is 0 Å². The molecule has 0 heterocycles. The minimum Gasteiger partial charge on any atom is -0.115 e. The fraction of sp³-hybridized carbons (Fsp3) is 0. The summed E-state index contributed by atoms with van der Waals surface area (Å²) in [5.74, 6) is 0. The van der Waals surface area contributed by atoms with E-state index in [2.05, 4.69) is 23.3 Å². The third-order valence-electron chi connectivity index (χ3n) is 0. The Morgan fingerprint density at radius 2 is 1.00 bits per heavy atom. The van der Waals surface area contributed by atoms with Crippen LogP contribution in [0.5, 0.6) is 0 Å². The summed E-state index contributed by atoms with van der Waals surface area (Å²) in [5.41, 5.74) is 0. The van der Waals surface area contributed by atoms with E-state index in [-0.39, 0.29) is 33.3 Å². The molecule has 0 saturated heterocycles. The molecule has 0 aromatic carbocycles. The molecule has 0 aliphatic heterocycles. The van der Waals surface area contributed by atoms with Crippen LogP contribution in [0.2, 0.25) is 0 Å². The molecule has 1 radical (unpaired) electrons. The summed E-state index contributed by atoms with van der Waals surface area (Å²) in [4.78, 5) is 0. The first kappa shape index (κ1) is 17.3. The van der Waals surface area contributed by atoms with Crippen LogP contribution in [0.25, 0.3) is 0 Å². The van der Waals surface area contributed by atoms with E-state index < -0.39 is 0 Å². The van der Waals surface area contributed by atoms with E-state index in [1.807, 2.05) is 0 Å². The zero-order valence-corrected chi connectivity index (χ0v) is 5.36. The van der Waals surface area contributed by atoms with Crippen molar-refractivity contribution >= 4 is 23.3 Å². The van der Waals surface area contributed by atoms with Gasteiger partial charge in [-0.1, -0.05) is 0 Å². The van der Waals surface area contributed by atoms with Crippen molar-refractivity contribution in [3.8, 4) is 0 Å². The fourth-order valence-corrected chi connectivity index (χ4v) is 0. The van der Waals surface area contributed by atoms with Gasteiger partial charge in [0, 0.05) is 33.3 Å². The van der Waals surface area contributed by atoms with Gasteiger partial charge in [-0.05, 0) is 0 Å². The molecule has 0 rings (SSSR count). The van der Waals surface area contributed by atoms with Crippen LogP contribution in [0.1, 0.15) is 0 Å². The van der Waals surface area contributed by atoms with Crippen molar-refractivity contribution in [1.29, 1.82) is 0 Å². The molecule has 0 atom stereocenters. The Morgan fingerprint density at radius 1 is 1.00 bits per heavy atom. The van der Waals surface area contributed by atoms with Gasteiger partial charge in [0.05, 0.1) is 0 Å². The first-order valence-corrected chi connectivity index (χ1v) is 1.80. The van der Waals surface area contributed by atoms with E-state index in [0.29, 0.717) is 0 Å². The molecule has 0 bridgehead atoms. The second kappa shape index (κ2) is 22.3. The Balaban J connectivity index is -0.00000000500. The van der Waals surface area contributed by atoms with Gasteiger partial charge < -0.3 is 0 Å². The van der Waals surface area contributed by atoms with Gasteiger partial charge in [-0.15, -0.1) is 23.3 Å². The van der Waals surface area contributed by atoms with Crippen molar-refractivity contribution in [3.05, 3.63) is 0 Å². The van der Waals surface area contributed by atoms with Crippen LogP contribution in [-0.4, -0.2) is 0 Å². The van der Waals surface area contributed by atoms with Gasteiger partial charge in [0.15, 0.2) is 0 Å². The minimum absolute atomic E-state index is 0. The smallest absolute Gasteiger partial charge is 0 e. The van der Waals surface area contributed by atoms with E-state index in [0.717, 1.165) is 0 Å². The summed E-state index contributed by atoms with van der Waals surface area (Å²) in [6, 6.07) is 0. The van der Waals surface area contributed by atoms with Crippen LogP contribution in [0.4, 0.5) is 0 Å². The average molecular weight is 184 g/mol. The molecule has 0 aromatic heterocycles. The van der Waals surface area contributed by atoms with E-state index >= 15 is 0 Å². The van der Waals surface area contributed by atoms with Crippen molar-refractivity contribution in [3.63, 3.8) is 0 Å². The zero-order valence-electron chi connectivity index (χ0n) is 1.54. The van der Waals surface area contributed by atoms with Crippen LogP contribution < -0.4 is 0 Å². The standard InChI is InChI=1S/Co.Ni.H2S2/c;;1-2/h;;1-2H. The molecule has 0 spiro atoms. The Kier molecular flexibility index (Phi) is 96.1. The predicted molar refractivity (Wildman–Crippen MR) is 18.0 cm³/mol. The van der Waals surface area contributed by atoms with Crippen LogP contribution in [-0.2, 0) is 33.3 Å². The van der Waals surface area contributed by atoms with Crippen molar-refractivity contribution in [2.24, 2.45) is 0 Å². The van der Waals surface area contributed by atoms with Crippen molar-refractivity contribution in [1.82, 2.24) is 0 Å². The van der Waals surface area contributed by atoms with Crippen molar-refractivity contribution in [2.75, 3.05) is 0 Å². The molecule has 0 aromatic rings. The normalized spacial score (nSPS) is 1.50. The third kappa shape index (κ3) is 9.33. The monoisotopic (exact) mass is 183 g/mol. The van der Waals surface area contributed by atoms with E-state index in [9.17, 15) is 0 Å². The maximum Gasteiger partial charge on any atom is 0 e. The maximum absolute atomic E-state index is 3.22. The summed E-state index contributed by atoms with van der Waals surface area (Å²) in [7, 11) is 0. The van der Waals surface area contributed by atoms with Crippen LogP contribution >= 0.6 is 23.3 Å². The fourth-order valence-electron chi connectivity index (χ4n) is 0. The van der Waals surface area contributed by atoms with Gasteiger partial charge in [0.2, 0.25) is 0 Å². The molecule has 0 fully saturated rings. The quantitative estimate of drug-likeness (QED) is 0.309. The molecule has 0 aliphatic carbocycles. The first-order chi connectivity index (χ1) is 1.00. The molecule has 0 nitrogen and oxygen atoms in total. The molecular weight excluding hydrogens is 182 g/mol. The van der Waals surface area contributed by atoms with Crippen molar-refractivity contribution in [2.45, 2.75) is 0 Å². The van der Waals surface area contributed by atoms with Crippen LogP contribution in [0.15, 0.2) is 0 Å². The third-order valence-corrected chi connectivity index (χ3v) is 0. The molecule has 33 valence electrons. The van der Waals surface area contributed by atoms with Gasteiger partial charge in [-0.25, -0.2) is 0 Å². The molecular formula is H2CoNiS2. The number of hydrogen-bond donors (Lipinski definition) is 2. The van der Waals surface area contributed by atoms with Gasteiger partial charge in [0.25, 0.3) is 0 Å². The van der Waals surface area contributed by atoms with E-state index in [1.54, 1.807) is 0 Å². The summed E-state index contributed by atoms with van der Waals surface area (Å²) in [5, 5.41) is 0. The number of thiol groups is 2. The largest absolute Gasteiger partial charge is 0.115 e. The summed E-state index contributed by atoms with van der Waals surface area (Å²) in [6.07, 6.45) is 0. The Morgan fingerprint density at radius 3 is 1.00 bits per heavy atom. The number of hydrogen-bond acceptors (Lipinski definition) is 2. The topological polar surface area (TPSA) is 0 Å². The number of rotatable bonds is 0. The average Bonchev–Trinajstić information content (AvgIpc) is 1.00. The van der Waals surface area contributed by atoms with Crippen LogP contribution in [0, 0.1) is 0 Å². The molecule has 0 unspecified atom stereocenters. The Labute approximate surface area is 56.5 Å². The molecule has 0 aliphatic rings. The maximum atomic E-state index is 3.22. The summed E-state index contributed by atoms with van der Waals surface area (Å²) < 4.78 is 0. The molecule has 4 heavy (non-hydrogen) atoms. The van der Waals surface area contributed by atoms with Gasteiger partial charge in [-0.3, -0.25) is 0 Å². The SMILES string of the molecule is SS.[Co].[Ni]. The Hall–Kier alpha value is 1.70. The zero-order chi connectivity index (χ0) is 2.00. The van der Waals surface area contributed by atoms with Gasteiger partial charge in [-0.2, -0.15) is 0 Å². The second-order valence-electron chi connectivity index (χ2n) is 0.